The summed E-state index contributed by atoms with van der Waals surface area (Å²) in [7, 11) is 0. The third kappa shape index (κ3) is 5.65. The van der Waals surface area contributed by atoms with Gasteiger partial charge in [-0.25, -0.2) is 4.79 Å². The molecule has 0 unspecified atom stereocenters. The van der Waals surface area contributed by atoms with Gasteiger partial charge in [-0.2, -0.15) is 0 Å². The van der Waals surface area contributed by atoms with Crippen LogP contribution < -0.4 is 21.7 Å². The number of nitrogen functional groups attached to an aromatic ring is 1. The summed E-state index contributed by atoms with van der Waals surface area (Å²) < 4.78 is 0. The Balaban J connectivity index is 1.77. The number of nitrogens with two attached hydrogens (primary N) is 1. The average Bonchev–Trinajstić information content (AvgIpc) is 2.61. The van der Waals surface area contributed by atoms with Gasteiger partial charge in [-0.05, 0) is 36.8 Å². The van der Waals surface area contributed by atoms with Gasteiger partial charge in [-0.1, -0.05) is 30.3 Å². The van der Waals surface area contributed by atoms with Gasteiger partial charge in [-0.3, -0.25) is 10.2 Å². The summed E-state index contributed by atoms with van der Waals surface area (Å²) in [6.45, 7) is 1.75. The van der Waals surface area contributed by atoms with Crippen molar-refractivity contribution in [3.63, 3.8) is 0 Å². The van der Waals surface area contributed by atoms with Crippen molar-refractivity contribution >= 4 is 23.5 Å². The molecule has 7 nitrogen and oxygen atoms in total. The summed E-state index contributed by atoms with van der Waals surface area (Å²) in [4.78, 5) is 23.7. The molecular formula is C18H21N5O2. The molecule has 130 valence electrons. The predicted octanol–water partition coefficient (Wildman–Crippen LogP) is 1.97. The zero-order valence-corrected chi connectivity index (χ0v) is 13.9. The number of nitrogens with one attached hydrogen (secondary N) is 4. The number of hydrogen-bond donors (Lipinski definition) is 5. The first-order valence-corrected chi connectivity index (χ1v) is 7.79. The Morgan fingerprint density at radius 1 is 1.08 bits per heavy atom. The summed E-state index contributed by atoms with van der Waals surface area (Å²) in [6.07, 6.45) is 0. The molecule has 0 spiro atoms. The van der Waals surface area contributed by atoms with Crippen LogP contribution in [-0.4, -0.2) is 24.3 Å². The van der Waals surface area contributed by atoms with Crippen LogP contribution in [0, 0.1) is 5.41 Å². The van der Waals surface area contributed by atoms with Crippen LogP contribution in [0.5, 0.6) is 0 Å². The number of carbonyl (C=O) groups excluding carboxylic acids is 2. The third-order valence-electron chi connectivity index (χ3n) is 3.54. The lowest BCUT2D eigenvalue weighted by Crippen LogP contribution is -2.39. The Morgan fingerprint density at radius 3 is 2.32 bits per heavy atom. The molecule has 1 atom stereocenters. The molecule has 6 N–H and O–H groups in total. The van der Waals surface area contributed by atoms with Crippen molar-refractivity contribution in [1.82, 2.24) is 10.6 Å². The number of rotatable bonds is 6. The van der Waals surface area contributed by atoms with E-state index in [1.807, 2.05) is 37.3 Å². The van der Waals surface area contributed by atoms with Crippen LogP contribution >= 0.6 is 0 Å². The van der Waals surface area contributed by atoms with Crippen LogP contribution in [0.4, 0.5) is 10.5 Å². The predicted molar refractivity (Wildman–Crippen MR) is 97.5 cm³/mol. The smallest absolute Gasteiger partial charge is 0.319 e. The molecule has 7 heteroatoms. The van der Waals surface area contributed by atoms with Crippen LogP contribution in [0.1, 0.15) is 24.1 Å². The number of urea groups is 1. The molecule has 0 aliphatic rings. The lowest BCUT2D eigenvalue weighted by molar-refractivity contribution is -0.120. The molecule has 0 saturated heterocycles. The third-order valence-corrected chi connectivity index (χ3v) is 3.54. The highest BCUT2D eigenvalue weighted by Gasteiger charge is 2.10. The van der Waals surface area contributed by atoms with E-state index in [1.54, 1.807) is 24.3 Å². The highest BCUT2D eigenvalue weighted by molar-refractivity contribution is 5.96. The normalized spacial score (nSPS) is 11.2. The maximum atomic E-state index is 11.9. The minimum absolute atomic E-state index is 0.0415. The number of hydrogen-bond acceptors (Lipinski definition) is 3. The Morgan fingerprint density at radius 2 is 1.72 bits per heavy atom. The van der Waals surface area contributed by atoms with Gasteiger partial charge in [0.15, 0.2) is 0 Å². The van der Waals surface area contributed by atoms with E-state index in [1.165, 1.54) is 0 Å². The van der Waals surface area contributed by atoms with Crippen molar-refractivity contribution < 1.29 is 9.59 Å². The first-order valence-electron chi connectivity index (χ1n) is 7.79. The van der Waals surface area contributed by atoms with Gasteiger partial charge in [0.1, 0.15) is 5.84 Å². The molecular weight excluding hydrogens is 318 g/mol. The minimum Gasteiger partial charge on any atom is -0.384 e. The maximum Gasteiger partial charge on any atom is 0.319 e. The molecule has 0 aliphatic carbocycles. The fourth-order valence-corrected chi connectivity index (χ4v) is 2.19. The van der Waals surface area contributed by atoms with Crippen LogP contribution in [0.3, 0.4) is 0 Å². The minimum atomic E-state index is -0.488. The number of amidine groups is 1. The highest BCUT2D eigenvalue weighted by Crippen LogP contribution is 2.11. The van der Waals surface area contributed by atoms with E-state index in [9.17, 15) is 9.59 Å². The van der Waals surface area contributed by atoms with Gasteiger partial charge in [0.05, 0.1) is 12.6 Å². The molecule has 2 rings (SSSR count). The van der Waals surface area contributed by atoms with Crippen molar-refractivity contribution in [2.45, 2.75) is 13.0 Å². The van der Waals surface area contributed by atoms with Crippen molar-refractivity contribution in [2.24, 2.45) is 5.73 Å². The average molecular weight is 339 g/mol. The Labute approximate surface area is 146 Å². The van der Waals surface area contributed by atoms with Gasteiger partial charge < -0.3 is 21.7 Å². The van der Waals surface area contributed by atoms with E-state index in [2.05, 4.69) is 16.0 Å². The summed E-state index contributed by atoms with van der Waals surface area (Å²) in [5, 5.41) is 15.2. The first kappa shape index (κ1) is 18.0. The summed E-state index contributed by atoms with van der Waals surface area (Å²) in [5.74, 6) is -0.321. The summed E-state index contributed by atoms with van der Waals surface area (Å²) >= 11 is 0. The van der Waals surface area contributed by atoms with E-state index >= 15 is 0 Å². The van der Waals surface area contributed by atoms with Gasteiger partial charge in [0, 0.05) is 11.3 Å². The second kappa shape index (κ2) is 8.49. The van der Waals surface area contributed by atoms with Crippen LogP contribution in [-0.2, 0) is 4.79 Å². The first-order chi connectivity index (χ1) is 12.0. The molecule has 3 amide bonds. The van der Waals surface area contributed by atoms with Crippen LogP contribution in [0.25, 0.3) is 0 Å². The quantitative estimate of drug-likeness (QED) is 0.409. The molecule has 0 aromatic heterocycles. The van der Waals surface area contributed by atoms with Crippen LogP contribution in [0.2, 0.25) is 0 Å². The van der Waals surface area contributed by atoms with E-state index in [4.69, 9.17) is 11.1 Å². The van der Waals surface area contributed by atoms with Gasteiger partial charge in [-0.15, -0.1) is 0 Å². The molecule has 0 bridgehead atoms. The lowest BCUT2D eigenvalue weighted by Gasteiger charge is -2.14. The molecule has 2 aromatic rings. The number of carbonyl (C=O) groups is 2. The highest BCUT2D eigenvalue weighted by atomic mass is 16.2. The lowest BCUT2D eigenvalue weighted by atomic mass is 10.1. The number of amides is 3. The van der Waals surface area contributed by atoms with Crippen LogP contribution in [0.15, 0.2) is 54.6 Å². The molecule has 0 radical (unpaired) electrons. The zero-order chi connectivity index (χ0) is 18.2. The van der Waals surface area contributed by atoms with E-state index in [0.717, 1.165) is 5.56 Å². The van der Waals surface area contributed by atoms with Crippen molar-refractivity contribution in [3.05, 3.63) is 65.7 Å². The van der Waals surface area contributed by atoms with Gasteiger partial charge in [0.2, 0.25) is 5.91 Å². The number of anilines is 1. The van der Waals surface area contributed by atoms with E-state index < -0.39 is 6.03 Å². The Bertz CT molecular complexity index is 744. The van der Waals surface area contributed by atoms with Crippen molar-refractivity contribution in [2.75, 3.05) is 11.9 Å². The summed E-state index contributed by atoms with van der Waals surface area (Å²) in [6, 6.07) is 15.5. The molecule has 0 heterocycles. The SMILES string of the molecule is C[C@@H](NC(=O)CNC(=O)Nc1ccc(C(=N)N)cc1)c1ccccc1. The van der Waals surface area contributed by atoms with Crippen molar-refractivity contribution in [3.8, 4) is 0 Å². The molecule has 25 heavy (non-hydrogen) atoms. The molecule has 0 fully saturated rings. The van der Waals surface area contributed by atoms with Gasteiger partial charge >= 0.3 is 6.03 Å². The zero-order valence-electron chi connectivity index (χ0n) is 13.9. The Kier molecular flexibility index (Phi) is 6.11. The molecule has 0 saturated carbocycles. The second-order valence-electron chi connectivity index (χ2n) is 5.50. The summed E-state index contributed by atoms with van der Waals surface area (Å²) in [5.41, 5.74) is 7.47. The van der Waals surface area contributed by atoms with Gasteiger partial charge in [0.25, 0.3) is 0 Å². The van der Waals surface area contributed by atoms with E-state index in [0.29, 0.717) is 11.3 Å². The molecule has 2 aromatic carbocycles. The second-order valence-corrected chi connectivity index (χ2v) is 5.50. The van der Waals surface area contributed by atoms with Crippen molar-refractivity contribution in [1.29, 1.82) is 5.41 Å². The standard InChI is InChI=1S/C18H21N5O2/c1-12(13-5-3-2-4-6-13)22-16(24)11-21-18(25)23-15-9-7-14(8-10-15)17(19)20/h2-10,12H,11H2,1H3,(H3,19,20)(H,22,24)(H2,21,23,25)/t12-/m1/s1. The fourth-order valence-electron chi connectivity index (χ4n) is 2.19. The van der Waals surface area contributed by atoms with E-state index in [-0.39, 0.29) is 24.3 Å². The number of benzene rings is 2. The fraction of sp³-hybridized carbons (Fsp3) is 0.167. The monoisotopic (exact) mass is 339 g/mol. The Hall–Kier alpha value is -3.35. The largest absolute Gasteiger partial charge is 0.384 e. The molecule has 0 aliphatic heterocycles. The topological polar surface area (TPSA) is 120 Å². The maximum absolute atomic E-state index is 11.9.